The minimum Gasteiger partial charge on any atom is -0.288 e. The molecule has 3 heteroatoms. The van der Waals surface area contributed by atoms with Gasteiger partial charge in [0, 0.05) is 5.41 Å². The average Bonchev–Trinajstić information content (AvgIpc) is 2.91. The van der Waals surface area contributed by atoms with E-state index in [2.05, 4.69) is 20.8 Å². The normalized spacial score (nSPS) is 47.9. The zero-order valence-electron chi connectivity index (χ0n) is 15.0. The van der Waals surface area contributed by atoms with Crippen LogP contribution in [-0.4, -0.2) is 5.78 Å². The van der Waals surface area contributed by atoms with E-state index in [1.807, 2.05) is 0 Å². The van der Waals surface area contributed by atoms with Crippen LogP contribution in [-0.2, 0) is 4.79 Å². The summed E-state index contributed by atoms with van der Waals surface area (Å²) in [5, 5.41) is 0.879. The number of carbonyl (C=O) groups is 1. The van der Waals surface area contributed by atoms with E-state index in [9.17, 15) is 4.79 Å². The van der Waals surface area contributed by atoms with E-state index in [0.717, 1.165) is 24.2 Å². The van der Waals surface area contributed by atoms with Crippen LogP contribution in [0.4, 0.5) is 0 Å². The molecule has 3 saturated carbocycles. The summed E-state index contributed by atoms with van der Waals surface area (Å²) in [6.07, 6.45) is 10.6. The first-order chi connectivity index (χ1) is 11.3. The van der Waals surface area contributed by atoms with Gasteiger partial charge in [-0.1, -0.05) is 56.0 Å². The number of hydrogen-bond donors (Lipinski definition) is 0. The Morgan fingerprint density at radius 1 is 1.12 bits per heavy atom. The highest BCUT2D eigenvalue weighted by Gasteiger charge is 2.59. The summed E-state index contributed by atoms with van der Waals surface area (Å²) in [6.45, 7) is 7.17. The van der Waals surface area contributed by atoms with Gasteiger partial charge in [-0.15, -0.1) is 0 Å². The van der Waals surface area contributed by atoms with Crippen molar-refractivity contribution in [2.75, 3.05) is 0 Å². The fraction of sp³-hybridized carbons (Fsp3) is 0.762. The zero-order chi connectivity index (χ0) is 17.3. The molecule has 0 N–H and O–H groups in total. The monoisotopic (exact) mass is 366 g/mol. The van der Waals surface area contributed by atoms with Crippen molar-refractivity contribution in [1.82, 2.24) is 0 Å². The summed E-state index contributed by atoms with van der Waals surface area (Å²) in [7, 11) is 0. The van der Waals surface area contributed by atoms with Crippen LogP contribution in [0, 0.1) is 34.5 Å². The first-order valence-electron chi connectivity index (χ1n) is 9.65. The number of allylic oxidation sites excluding steroid dienone is 4. The molecule has 0 bridgehead atoms. The van der Waals surface area contributed by atoms with Crippen molar-refractivity contribution in [3.8, 4) is 0 Å². The molecular formula is C21H28Cl2O. The van der Waals surface area contributed by atoms with E-state index in [1.54, 1.807) is 6.08 Å². The Labute approximate surface area is 155 Å². The molecule has 0 amide bonds. The van der Waals surface area contributed by atoms with E-state index < -0.39 is 0 Å². The lowest BCUT2D eigenvalue weighted by Gasteiger charge is -2.57. The van der Waals surface area contributed by atoms with Gasteiger partial charge < -0.3 is 0 Å². The van der Waals surface area contributed by atoms with Crippen LogP contribution in [0.25, 0.3) is 0 Å². The molecule has 0 radical (unpaired) electrons. The molecule has 1 nitrogen and oxygen atoms in total. The van der Waals surface area contributed by atoms with Crippen LogP contribution in [0.3, 0.4) is 0 Å². The summed E-state index contributed by atoms with van der Waals surface area (Å²) < 4.78 is 0. The van der Waals surface area contributed by atoms with Crippen LogP contribution < -0.4 is 0 Å². The molecule has 0 aromatic carbocycles. The second kappa shape index (κ2) is 5.61. The minimum absolute atomic E-state index is 0.0971. The maximum absolute atomic E-state index is 12.1. The predicted molar refractivity (Wildman–Crippen MR) is 100.0 cm³/mol. The molecule has 0 heterocycles. The highest BCUT2D eigenvalue weighted by atomic mass is 35.5. The summed E-state index contributed by atoms with van der Waals surface area (Å²) in [5.74, 6) is 2.88. The molecule has 24 heavy (non-hydrogen) atoms. The van der Waals surface area contributed by atoms with E-state index in [4.69, 9.17) is 23.2 Å². The Balaban J connectivity index is 1.74. The van der Waals surface area contributed by atoms with Crippen LogP contribution in [0.1, 0.15) is 65.7 Å². The van der Waals surface area contributed by atoms with Gasteiger partial charge in [-0.25, -0.2) is 0 Å². The number of fused-ring (bicyclic) bond motifs is 5. The lowest BCUT2D eigenvalue weighted by molar-refractivity contribution is -0.111. The smallest absolute Gasteiger partial charge is 0.198 e. The third-order valence-electron chi connectivity index (χ3n) is 8.45. The Kier molecular flexibility index (Phi) is 4.01. The van der Waals surface area contributed by atoms with Gasteiger partial charge in [0.05, 0.1) is 5.03 Å². The highest BCUT2D eigenvalue weighted by molar-refractivity contribution is 6.50. The summed E-state index contributed by atoms with van der Waals surface area (Å²) in [6, 6.07) is 0. The van der Waals surface area contributed by atoms with Crippen molar-refractivity contribution in [3.63, 3.8) is 0 Å². The molecule has 0 unspecified atom stereocenters. The van der Waals surface area contributed by atoms with Gasteiger partial charge in [-0.3, -0.25) is 4.79 Å². The maximum atomic E-state index is 12.1. The molecule has 0 spiro atoms. The molecule has 3 fully saturated rings. The molecule has 0 aliphatic heterocycles. The molecule has 4 aliphatic rings. The van der Waals surface area contributed by atoms with Gasteiger partial charge in [-0.2, -0.15) is 0 Å². The van der Waals surface area contributed by atoms with E-state index >= 15 is 0 Å². The number of halogens is 2. The SMILES string of the molecule is CC[C@H]1CC[C@H]2[C@@H]3CCC4=CC(=O)C(Cl)=C(Cl)[C@]4(C)[C@H]3CC[C@]12C. The minimum atomic E-state index is -0.207. The highest BCUT2D eigenvalue weighted by Crippen LogP contribution is 2.68. The van der Waals surface area contributed by atoms with Crippen molar-refractivity contribution < 1.29 is 4.79 Å². The molecule has 4 aliphatic carbocycles. The van der Waals surface area contributed by atoms with Crippen molar-refractivity contribution in [3.05, 3.63) is 21.7 Å². The average molecular weight is 367 g/mol. The molecule has 4 rings (SSSR count). The van der Waals surface area contributed by atoms with E-state index in [1.165, 1.54) is 44.1 Å². The molecule has 0 aromatic rings. The van der Waals surface area contributed by atoms with Crippen LogP contribution in [0.2, 0.25) is 0 Å². The Bertz CT molecular complexity index is 648. The van der Waals surface area contributed by atoms with Gasteiger partial charge in [0.15, 0.2) is 5.78 Å². The standard InChI is InChI=1S/C21H28Cl2O/c1-4-12-6-8-15-14-7-5-13-11-17(24)18(22)19(23)21(13,3)16(14)9-10-20(12,15)2/h11-12,14-16H,4-10H2,1-3H3/t12-,14-,15-,16-,20+,21-/m0/s1. The summed E-state index contributed by atoms with van der Waals surface area (Å²) in [5.41, 5.74) is 1.54. The number of ketones is 1. The molecule has 6 atom stereocenters. The fourth-order valence-electron chi connectivity index (χ4n) is 7.09. The Hall–Kier alpha value is -0.270. The quantitative estimate of drug-likeness (QED) is 0.520. The molecular weight excluding hydrogens is 339 g/mol. The topological polar surface area (TPSA) is 17.1 Å². The zero-order valence-corrected chi connectivity index (χ0v) is 16.5. The number of hydrogen-bond acceptors (Lipinski definition) is 1. The molecule has 132 valence electrons. The van der Waals surface area contributed by atoms with Gasteiger partial charge in [0.1, 0.15) is 5.03 Å². The van der Waals surface area contributed by atoms with Gasteiger partial charge in [-0.05, 0) is 73.7 Å². The first kappa shape index (κ1) is 17.2. The number of rotatable bonds is 1. The maximum Gasteiger partial charge on any atom is 0.198 e. The van der Waals surface area contributed by atoms with E-state index in [0.29, 0.717) is 16.4 Å². The van der Waals surface area contributed by atoms with E-state index in [-0.39, 0.29) is 16.2 Å². The second-order valence-electron chi connectivity index (χ2n) is 9.01. The summed E-state index contributed by atoms with van der Waals surface area (Å²) in [4.78, 5) is 12.1. The molecule has 0 saturated heterocycles. The van der Waals surface area contributed by atoms with Gasteiger partial charge in [0.25, 0.3) is 0 Å². The van der Waals surface area contributed by atoms with Crippen molar-refractivity contribution >= 4 is 29.0 Å². The third-order valence-corrected chi connectivity index (χ3v) is 9.51. The van der Waals surface area contributed by atoms with Crippen molar-refractivity contribution in [1.29, 1.82) is 0 Å². The third kappa shape index (κ3) is 2.04. The van der Waals surface area contributed by atoms with Crippen molar-refractivity contribution in [2.24, 2.45) is 34.5 Å². The second-order valence-corrected chi connectivity index (χ2v) is 9.76. The van der Waals surface area contributed by atoms with Crippen molar-refractivity contribution in [2.45, 2.75) is 65.7 Å². The number of carbonyl (C=O) groups excluding carboxylic acids is 1. The van der Waals surface area contributed by atoms with Crippen LogP contribution in [0.5, 0.6) is 0 Å². The van der Waals surface area contributed by atoms with Gasteiger partial charge >= 0.3 is 0 Å². The largest absolute Gasteiger partial charge is 0.288 e. The lowest BCUT2D eigenvalue weighted by Crippen LogP contribution is -2.50. The fourth-order valence-corrected chi connectivity index (χ4v) is 7.70. The van der Waals surface area contributed by atoms with Crippen LogP contribution in [0.15, 0.2) is 21.7 Å². The lowest BCUT2D eigenvalue weighted by atomic mass is 9.47. The molecule has 0 aromatic heterocycles. The Morgan fingerprint density at radius 3 is 2.58 bits per heavy atom. The predicted octanol–water partition coefficient (Wildman–Crippen LogP) is 6.45. The first-order valence-corrected chi connectivity index (χ1v) is 10.4. The van der Waals surface area contributed by atoms with Crippen LogP contribution >= 0.6 is 23.2 Å². The summed E-state index contributed by atoms with van der Waals surface area (Å²) >= 11 is 13.0. The van der Waals surface area contributed by atoms with Gasteiger partial charge in [0.2, 0.25) is 0 Å². The Morgan fingerprint density at radius 2 is 1.88 bits per heavy atom.